The number of rotatable bonds is 1. The molecule has 1 aromatic rings. The maximum absolute atomic E-state index is 13.3. The third-order valence-corrected chi connectivity index (χ3v) is 2.66. The van der Waals surface area contributed by atoms with Crippen LogP contribution in [0, 0.1) is 11.6 Å². The second-order valence-electron chi connectivity index (χ2n) is 3.92. The third-order valence-electron chi connectivity index (χ3n) is 2.66. The van der Waals surface area contributed by atoms with Gasteiger partial charge in [-0.15, -0.1) is 0 Å². The molecule has 2 rings (SSSR count). The summed E-state index contributed by atoms with van der Waals surface area (Å²) in [5.74, 6) is -0.856. The Hall–Kier alpha value is -1.16. The van der Waals surface area contributed by atoms with Crippen LogP contribution in [0.4, 0.5) is 8.78 Å². The van der Waals surface area contributed by atoms with Gasteiger partial charge in [-0.1, -0.05) is 0 Å². The van der Waals surface area contributed by atoms with Crippen molar-refractivity contribution < 1.29 is 13.5 Å². The molecule has 2 unspecified atom stereocenters. The van der Waals surface area contributed by atoms with Crippen LogP contribution in [-0.2, 0) is 6.42 Å². The fourth-order valence-corrected chi connectivity index (χ4v) is 1.81. The van der Waals surface area contributed by atoms with Gasteiger partial charge in [-0.05, 0) is 19.8 Å². The van der Waals surface area contributed by atoms with Gasteiger partial charge >= 0.3 is 0 Å². The fourth-order valence-electron chi connectivity index (χ4n) is 1.81. The van der Waals surface area contributed by atoms with E-state index in [1.807, 2.05) is 6.92 Å². The normalized spacial score (nSPS) is 21.7. The van der Waals surface area contributed by atoms with Crippen molar-refractivity contribution in [3.05, 3.63) is 29.3 Å². The largest absolute Gasteiger partial charge is 0.488 e. The van der Waals surface area contributed by atoms with E-state index in [2.05, 4.69) is 0 Å². The molecule has 0 saturated heterocycles. The zero-order valence-electron chi connectivity index (χ0n) is 8.47. The molecular weight excluding hydrogens is 200 g/mol. The van der Waals surface area contributed by atoms with Crippen LogP contribution in [0.1, 0.15) is 18.9 Å². The van der Waals surface area contributed by atoms with E-state index in [0.717, 1.165) is 6.07 Å². The van der Waals surface area contributed by atoms with E-state index in [9.17, 15) is 8.78 Å². The Morgan fingerprint density at radius 1 is 1.47 bits per heavy atom. The summed E-state index contributed by atoms with van der Waals surface area (Å²) >= 11 is 0. The van der Waals surface area contributed by atoms with Crippen molar-refractivity contribution in [1.29, 1.82) is 0 Å². The molecule has 0 saturated carbocycles. The SMILES string of the molecule is CC(N)C1CCc2c(F)cc(F)cc2O1. The zero-order chi connectivity index (χ0) is 11.0. The Bertz CT molecular complexity index is 379. The second-order valence-corrected chi connectivity index (χ2v) is 3.92. The molecule has 0 bridgehead atoms. The number of hydrogen-bond acceptors (Lipinski definition) is 2. The van der Waals surface area contributed by atoms with Crippen molar-refractivity contribution >= 4 is 0 Å². The van der Waals surface area contributed by atoms with Gasteiger partial charge in [-0.25, -0.2) is 8.78 Å². The first-order valence-corrected chi connectivity index (χ1v) is 4.98. The van der Waals surface area contributed by atoms with Gasteiger partial charge in [0.1, 0.15) is 23.5 Å². The zero-order valence-corrected chi connectivity index (χ0v) is 8.47. The van der Waals surface area contributed by atoms with Crippen LogP contribution in [0.3, 0.4) is 0 Å². The average Bonchev–Trinajstić information content (AvgIpc) is 2.16. The van der Waals surface area contributed by atoms with Crippen LogP contribution in [0.25, 0.3) is 0 Å². The molecule has 2 nitrogen and oxygen atoms in total. The summed E-state index contributed by atoms with van der Waals surface area (Å²) in [6.45, 7) is 1.82. The first kappa shape index (κ1) is 10.4. The number of halogens is 2. The number of fused-ring (bicyclic) bond motifs is 1. The number of benzene rings is 1. The highest BCUT2D eigenvalue weighted by atomic mass is 19.1. The van der Waals surface area contributed by atoms with Gasteiger partial charge in [0.05, 0.1) is 0 Å². The Balaban J connectivity index is 2.33. The lowest BCUT2D eigenvalue weighted by atomic mass is 9.98. The van der Waals surface area contributed by atoms with E-state index in [1.165, 1.54) is 6.07 Å². The number of ether oxygens (including phenoxy) is 1. The quantitative estimate of drug-likeness (QED) is 0.774. The maximum Gasteiger partial charge on any atom is 0.133 e. The van der Waals surface area contributed by atoms with Crippen LogP contribution >= 0.6 is 0 Å². The van der Waals surface area contributed by atoms with Crippen molar-refractivity contribution in [2.45, 2.75) is 31.9 Å². The van der Waals surface area contributed by atoms with E-state index in [0.29, 0.717) is 24.2 Å². The molecule has 0 fully saturated rings. The predicted molar refractivity (Wildman–Crippen MR) is 52.7 cm³/mol. The monoisotopic (exact) mass is 213 g/mol. The molecule has 1 aliphatic heterocycles. The Kier molecular flexibility index (Phi) is 2.61. The molecule has 2 atom stereocenters. The molecule has 0 aliphatic carbocycles. The van der Waals surface area contributed by atoms with Gasteiger partial charge in [0.25, 0.3) is 0 Å². The second kappa shape index (κ2) is 3.77. The van der Waals surface area contributed by atoms with E-state index in [-0.39, 0.29) is 12.1 Å². The maximum atomic E-state index is 13.3. The molecule has 0 amide bonds. The molecule has 1 heterocycles. The number of hydrogen-bond donors (Lipinski definition) is 1. The van der Waals surface area contributed by atoms with Gasteiger partial charge in [-0.3, -0.25) is 0 Å². The van der Waals surface area contributed by atoms with Crippen molar-refractivity contribution in [2.24, 2.45) is 5.73 Å². The summed E-state index contributed by atoms with van der Waals surface area (Å²) in [5.41, 5.74) is 6.14. The predicted octanol–water partition coefficient (Wildman–Crippen LogP) is 2.01. The van der Waals surface area contributed by atoms with Crippen LogP contribution in [0.15, 0.2) is 12.1 Å². The molecule has 82 valence electrons. The lowest BCUT2D eigenvalue weighted by Gasteiger charge is -2.28. The summed E-state index contributed by atoms with van der Waals surface area (Å²) in [6.07, 6.45) is 1.07. The van der Waals surface area contributed by atoms with Crippen LogP contribution < -0.4 is 10.5 Å². The molecular formula is C11H13F2NO. The Morgan fingerprint density at radius 3 is 2.87 bits per heavy atom. The molecule has 0 radical (unpaired) electrons. The minimum Gasteiger partial charge on any atom is -0.488 e. The Labute approximate surface area is 87.0 Å². The number of nitrogens with two attached hydrogens (primary N) is 1. The standard InChI is InChI=1S/C11H13F2NO/c1-6(14)10-3-2-8-9(13)4-7(12)5-11(8)15-10/h4-6,10H,2-3,14H2,1H3. The van der Waals surface area contributed by atoms with E-state index >= 15 is 0 Å². The minimum atomic E-state index is -0.614. The molecule has 4 heteroatoms. The molecule has 0 spiro atoms. The first-order chi connectivity index (χ1) is 7.08. The fraction of sp³-hybridized carbons (Fsp3) is 0.455. The highest BCUT2D eigenvalue weighted by Gasteiger charge is 2.25. The first-order valence-electron chi connectivity index (χ1n) is 4.98. The van der Waals surface area contributed by atoms with Crippen molar-refractivity contribution in [1.82, 2.24) is 0 Å². The van der Waals surface area contributed by atoms with Gasteiger partial charge in [0.2, 0.25) is 0 Å². The lowest BCUT2D eigenvalue weighted by molar-refractivity contribution is 0.148. The minimum absolute atomic E-state index is 0.135. The van der Waals surface area contributed by atoms with Gasteiger partial charge in [0.15, 0.2) is 0 Å². The van der Waals surface area contributed by atoms with E-state index in [4.69, 9.17) is 10.5 Å². The van der Waals surface area contributed by atoms with E-state index in [1.54, 1.807) is 0 Å². The van der Waals surface area contributed by atoms with Crippen LogP contribution in [-0.4, -0.2) is 12.1 Å². The third kappa shape index (κ3) is 1.95. The highest BCUT2D eigenvalue weighted by molar-refractivity contribution is 5.37. The van der Waals surface area contributed by atoms with Crippen molar-refractivity contribution in [3.8, 4) is 5.75 Å². The van der Waals surface area contributed by atoms with Gasteiger partial charge in [0, 0.05) is 23.7 Å². The lowest BCUT2D eigenvalue weighted by Crippen LogP contribution is -2.39. The van der Waals surface area contributed by atoms with Crippen LogP contribution in [0.2, 0.25) is 0 Å². The average molecular weight is 213 g/mol. The molecule has 1 aromatic carbocycles. The summed E-state index contributed by atoms with van der Waals surface area (Å²) in [5, 5.41) is 0. The summed E-state index contributed by atoms with van der Waals surface area (Å²) in [4.78, 5) is 0. The van der Waals surface area contributed by atoms with Gasteiger partial charge < -0.3 is 10.5 Å². The summed E-state index contributed by atoms with van der Waals surface area (Å²) in [7, 11) is 0. The van der Waals surface area contributed by atoms with Crippen LogP contribution in [0.5, 0.6) is 5.75 Å². The van der Waals surface area contributed by atoms with Crippen molar-refractivity contribution in [2.75, 3.05) is 0 Å². The van der Waals surface area contributed by atoms with E-state index < -0.39 is 11.6 Å². The van der Waals surface area contributed by atoms with Gasteiger partial charge in [-0.2, -0.15) is 0 Å². The highest BCUT2D eigenvalue weighted by Crippen LogP contribution is 2.31. The summed E-state index contributed by atoms with van der Waals surface area (Å²) in [6, 6.07) is 1.96. The van der Waals surface area contributed by atoms with Crippen molar-refractivity contribution in [3.63, 3.8) is 0 Å². The smallest absolute Gasteiger partial charge is 0.133 e. The summed E-state index contributed by atoms with van der Waals surface area (Å²) < 4.78 is 31.7. The molecule has 15 heavy (non-hydrogen) atoms. The molecule has 1 aliphatic rings. The molecule has 2 N–H and O–H groups in total. The Morgan fingerprint density at radius 2 is 2.20 bits per heavy atom. The molecule has 0 aromatic heterocycles. The topological polar surface area (TPSA) is 35.2 Å².